The van der Waals surface area contributed by atoms with Gasteiger partial charge in [0.15, 0.2) is 0 Å². The molecule has 1 aliphatic carbocycles. The number of nitrogens with zero attached hydrogens (tertiary/aromatic N) is 2. The highest BCUT2D eigenvalue weighted by atomic mass is 32.2. The van der Waals surface area contributed by atoms with Gasteiger partial charge in [0.2, 0.25) is 0 Å². The summed E-state index contributed by atoms with van der Waals surface area (Å²) in [5.41, 5.74) is 4.34. The predicted molar refractivity (Wildman–Crippen MR) is 104 cm³/mol. The SMILES string of the molecule is N#C/C(=C1/NS(=O)(=O)c2ccccc21)c1nc2c(s1)CCc1ccccc1-2. The molecule has 3 aromatic rings. The van der Waals surface area contributed by atoms with Gasteiger partial charge in [-0.05, 0) is 24.5 Å². The van der Waals surface area contributed by atoms with Crippen molar-refractivity contribution in [3.05, 3.63) is 69.5 Å². The van der Waals surface area contributed by atoms with Crippen molar-refractivity contribution in [3.8, 4) is 17.3 Å². The van der Waals surface area contributed by atoms with E-state index in [2.05, 4.69) is 16.9 Å². The molecule has 1 aromatic heterocycles. The number of sulfonamides is 1. The van der Waals surface area contributed by atoms with Crippen LogP contribution >= 0.6 is 11.3 Å². The van der Waals surface area contributed by atoms with Crippen LogP contribution < -0.4 is 4.72 Å². The Morgan fingerprint density at radius 3 is 2.63 bits per heavy atom. The summed E-state index contributed by atoms with van der Waals surface area (Å²) in [5.74, 6) is 0. The lowest BCUT2D eigenvalue weighted by atomic mass is 9.94. The molecule has 5 rings (SSSR count). The molecule has 0 spiro atoms. The lowest BCUT2D eigenvalue weighted by Gasteiger charge is -2.13. The van der Waals surface area contributed by atoms with E-state index in [4.69, 9.17) is 4.98 Å². The Morgan fingerprint density at radius 1 is 1.07 bits per heavy atom. The van der Waals surface area contributed by atoms with Crippen molar-refractivity contribution in [1.82, 2.24) is 9.71 Å². The number of nitriles is 1. The Morgan fingerprint density at radius 2 is 1.81 bits per heavy atom. The average Bonchev–Trinajstić information content (AvgIpc) is 3.22. The fourth-order valence-electron chi connectivity index (χ4n) is 3.60. The van der Waals surface area contributed by atoms with Gasteiger partial charge in [0.05, 0.1) is 16.3 Å². The Hall–Kier alpha value is -2.95. The van der Waals surface area contributed by atoms with Crippen molar-refractivity contribution >= 4 is 32.6 Å². The highest BCUT2D eigenvalue weighted by molar-refractivity contribution is 7.90. The molecule has 2 aromatic carbocycles. The number of allylic oxidation sites excluding steroid dienone is 1. The monoisotopic (exact) mass is 391 g/mol. The number of hydrogen-bond acceptors (Lipinski definition) is 5. The van der Waals surface area contributed by atoms with Crippen LogP contribution in [0.2, 0.25) is 0 Å². The molecule has 1 aliphatic heterocycles. The first kappa shape index (κ1) is 16.2. The zero-order valence-electron chi connectivity index (χ0n) is 14.1. The number of aromatic nitrogens is 1. The fourth-order valence-corrected chi connectivity index (χ4v) is 5.99. The van der Waals surface area contributed by atoms with Crippen molar-refractivity contribution in [2.45, 2.75) is 17.7 Å². The van der Waals surface area contributed by atoms with Gasteiger partial charge in [-0.2, -0.15) is 5.26 Å². The Bertz CT molecular complexity index is 1280. The van der Waals surface area contributed by atoms with E-state index in [0.29, 0.717) is 16.3 Å². The third kappa shape index (κ3) is 2.41. The van der Waals surface area contributed by atoms with Crippen LogP contribution in [0.4, 0.5) is 0 Å². The molecule has 2 heterocycles. The molecular formula is C20H13N3O2S2. The van der Waals surface area contributed by atoms with E-state index in [1.165, 1.54) is 16.9 Å². The summed E-state index contributed by atoms with van der Waals surface area (Å²) in [6.45, 7) is 0. The van der Waals surface area contributed by atoms with Gasteiger partial charge in [-0.25, -0.2) is 13.4 Å². The molecule has 5 nitrogen and oxygen atoms in total. The maximum absolute atomic E-state index is 12.4. The maximum Gasteiger partial charge on any atom is 0.262 e. The van der Waals surface area contributed by atoms with Crippen LogP contribution in [-0.2, 0) is 22.9 Å². The fraction of sp³-hybridized carbons (Fsp3) is 0.100. The highest BCUT2D eigenvalue weighted by Gasteiger charge is 2.33. The minimum absolute atomic E-state index is 0.194. The molecule has 0 unspecified atom stereocenters. The first-order valence-electron chi connectivity index (χ1n) is 8.43. The smallest absolute Gasteiger partial charge is 0.262 e. The van der Waals surface area contributed by atoms with Gasteiger partial charge in [-0.1, -0.05) is 42.5 Å². The van der Waals surface area contributed by atoms with E-state index in [1.54, 1.807) is 24.3 Å². The molecule has 0 bridgehead atoms. The molecule has 27 heavy (non-hydrogen) atoms. The van der Waals surface area contributed by atoms with Crippen LogP contribution in [0.1, 0.15) is 21.0 Å². The third-order valence-electron chi connectivity index (χ3n) is 4.85. The van der Waals surface area contributed by atoms with Crippen LogP contribution in [-0.4, -0.2) is 13.4 Å². The van der Waals surface area contributed by atoms with Crippen molar-refractivity contribution in [2.24, 2.45) is 0 Å². The average molecular weight is 391 g/mol. The van der Waals surface area contributed by atoms with Gasteiger partial charge in [0.1, 0.15) is 16.6 Å². The van der Waals surface area contributed by atoms with Crippen LogP contribution in [0.25, 0.3) is 22.5 Å². The quantitative estimate of drug-likeness (QED) is 0.643. The molecule has 0 fully saturated rings. The minimum Gasteiger partial charge on any atom is -0.277 e. The van der Waals surface area contributed by atoms with E-state index in [9.17, 15) is 13.7 Å². The third-order valence-corrected chi connectivity index (χ3v) is 7.39. The molecule has 7 heteroatoms. The molecular weight excluding hydrogens is 378 g/mol. The maximum atomic E-state index is 12.4. The molecule has 0 atom stereocenters. The van der Waals surface area contributed by atoms with E-state index in [-0.39, 0.29) is 10.5 Å². The van der Waals surface area contributed by atoms with Crippen LogP contribution in [0.5, 0.6) is 0 Å². The van der Waals surface area contributed by atoms with Crippen molar-refractivity contribution in [3.63, 3.8) is 0 Å². The van der Waals surface area contributed by atoms with E-state index in [0.717, 1.165) is 29.0 Å². The van der Waals surface area contributed by atoms with Crippen LogP contribution in [0.15, 0.2) is 53.4 Å². The summed E-state index contributed by atoms with van der Waals surface area (Å²) in [4.78, 5) is 6.06. The zero-order chi connectivity index (χ0) is 18.6. The largest absolute Gasteiger partial charge is 0.277 e. The Balaban J connectivity index is 1.72. The second-order valence-electron chi connectivity index (χ2n) is 6.41. The van der Waals surface area contributed by atoms with Crippen molar-refractivity contribution in [1.29, 1.82) is 5.26 Å². The van der Waals surface area contributed by atoms with E-state index in [1.807, 2.05) is 18.2 Å². The predicted octanol–water partition coefficient (Wildman–Crippen LogP) is 3.59. The van der Waals surface area contributed by atoms with E-state index < -0.39 is 10.0 Å². The minimum atomic E-state index is -3.65. The standard InChI is InChI=1S/C20H13N3O2S2/c21-11-15(18-14-7-3-4-8-17(14)27(24,25)23-18)20-22-19-13-6-2-1-5-12(13)9-10-16(19)26-20/h1-8,23H,9-10H2/b18-15-. The number of nitrogens with one attached hydrogen (secondary N) is 1. The van der Waals surface area contributed by atoms with Gasteiger partial charge in [0.25, 0.3) is 10.0 Å². The number of thiazole rings is 1. The number of benzene rings is 2. The van der Waals surface area contributed by atoms with Gasteiger partial charge < -0.3 is 0 Å². The second kappa shape index (κ2) is 5.78. The second-order valence-corrected chi connectivity index (χ2v) is 9.15. The van der Waals surface area contributed by atoms with E-state index >= 15 is 0 Å². The molecule has 2 aliphatic rings. The van der Waals surface area contributed by atoms with Crippen molar-refractivity contribution < 1.29 is 8.42 Å². The Labute approximate surface area is 160 Å². The van der Waals surface area contributed by atoms with Crippen LogP contribution in [0.3, 0.4) is 0 Å². The molecule has 132 valence electrons. The first-order chi connectivity index (χ1) is 13.1. The van der Waals surface area contributed by atoms with Crippen LogP contribution in [0, 0.1) is 11.3 Å². The Kier molecular flexibility index (Phi) is 3.47. The number of hydrogen-bond donors (Lipinski definition) is 1. The number of fused-ring (bicyclic) bond motifs is 4. The summed E-state index contributed by atoms with van der Waals surface area (Å²) in [7, 11) is -3.65. The van der Waals surface area contributed by atoms with Crippen molar-refractivity contribution in [2.75, 3.05) is 0 Å². The van der Waals surface area contributed by atoms with Gasteiger partial charge >= 0.3 is 0 Å². The van der Waals surface area contributed by atoms with Gasteiger partial charge in [0, 0.05) is 16.0 Å². The topological polar surface area (TPSA) is 82.9 Å². The summed E-state index contributed by atoms with van der Waals surface area (Å²) < 4.78 is 27.3. The molecule has 0 saturated carbocycles. The van der Waals surface area contributed by atoms with Gasteiger partial charge in [-0.15, -0.1) is 11.3 Å². The lowest BCUT2D eigenvalue weighted by Crippen LogP contribution is -2.14. The molecule has 0 saturated heterocycles. The summed E-state index contributed by atoms with van der Waals surface area (Å²) in [6.07, 6.45) is 1.82. The highest BCUT2D eigenvalue weighted by Crippen LogP contribution is 2.41. The molecule has 1 N–H and O–H groups in total. The van der Waals surface area contributed by atoms with Gasteiger partial charge in [-0.3, -0.25) is 4.72 Å². The number of rotatable bonds is 1. The summed E-state index contributed by atoms with van der Waals surface area (Å²) in [6, 6.07) is 17.0. The number of aryl methyl sites for hydroxylation is 2. The summed E-state index contributed by atoms with van der Waals surface area (Å²) in [5, 5.41) is 10.4. The first-order valence-corrected chi connectivity index (χ1v) is 10.7. The lowest BCUT2D eigenvalue weighted by molar-refractivity contribution is 0.594. The summed E-state index contributed by atoms with van der Waals surface area (Å²) >= 11 is 1.47. The molecule has 0 amide bonds. The molecule has 0 radical (unpaired) electrons. The normalized spacial score (nSPS) is 17.9. The zero-order valence-corrected chi connectivity index (χ0v) is 15.7.